The van der Waals surface area contributed by atoms with Crippen LogP contribution in [0.5, 0.6) is 0 Å². The highest BCUT2D eigenvalue weighted by Crippen LogP contribution is 2.05. The molecule has 1 rings (SSSR count). The van der Waals surface area contributed by atoms with E-state index in [9.17, 15) is 9.59 Å². The second kappa shape index (κ2) is 6.96. The Labute approximate surface area is 111 Å². The van der Waals surface area contributed by atoms with Crippen molar-refractivity contribution < 1.29 is 9.59 Å². The summed E-state index contributed by atoms with van der Waals surface area (Å²) in [4.78, 5) is 28.7. The third kappa shape index (κ3) is 4.63. The minimum absolute atomic E-state index is 0.116. The Morgan fingerprint density at radius 2 is 1.76 bits per heavy atom. The van der Waals surface area contributed by atoms with Crippen LogP contribution in [0.15, 0.2) is 0 Å². The number of halogens is 1. The third-order valence-corrected chi connectivity index (χ3v) is 3.29. The lowest BCUT2D eigenvalue weighted by molar-refractivity contribution is -0.133. The molecule has 0 aromatic rings. The van der Waals surface area contributed by atoms with Gasteiger partial charge in [-0.2, -0.15) is 0 Å². The van der Waals surface area contributed by atoms with E-state index >= 15 is 0 Å². The zero-order valence-electron chi connectivity index (χ0n) is 10.5. The monoisotopic (exact) mass is 305 g/mol. The zero-order valence-corrected chi connectivity index (χ0v) is 12.1. The fourth-order valence-corrected chi connectivity index (χ4v) is 2.07. The van der Waals surface area contributed by atoms with Gasteiger partial charge in [-0.25, -0.2) is 0 Å². The Morgan fingerprint density at radius 3 is 2.24 bits per heavy atom. The molecule has 6 heteroatoms. The molecule has 0 unspecified atom stereocenters. The Kier molecular flexibility index (Phi) is 5.91. The zero-order chi connectivity index (χ0) is 12.8. The van der Waals surface area contributed by atoms with E-state index in [4.69, 9.17) is 0 Å². The normalized spacial score (nSPS) is 17.0. The van der Waals surface area contributed by atoms with Gasteiger partial charge in [-0.05, 0) is 0 Å². The van der Waals surface area contributed by atoms with Crippen LogP contribution in [0.3, 0.4) is 0 Å². The minimum Gasteiger partial charge on any atom is -0.348 e. The molecule has 0 N–H and O–H groups in total. The number of likely N-dealkylation sites (N-methyl/N-ethyl adjacent to an activating group) is 1. The summed E-state index contributed by atoms with van der Waals surface area (Å²) < 4.78 is 0. The summed E-state index contributed by atoms with van der Waals surface area (Å²) in [6, 6.07) is 0. The van der Waals surface area contributed by atoms with E-state index in [1.165, 1.54) is 0 Å². The molecule has 0 atom stereocenters. The largest absolute Gasteiger partial charge is 0.348 e. The number of carbonyl (C=O) groups is 2. The van der Waals surface area contributed by atoms with E-state index in [0.29, 0.717) is 18.3 Å². The topological polar surface area (TPSA) is 43.9 Å². The van der Waals surface area contributed by atoms with Crippen molar-refractivity contribution in [3.8, 4) is 0 Å². The molecule has 0 aliphatic carbocycles. The summed E-state index contributed by atoms with van der Waals surface area (Å²) in [5, 5.41) is 0.713. The lowest BCUT2D eigenvalue weighted by Crippen LogP contribution is -2.51. The Balaban J connectivity index is 2.31. The predicted octanol–water partition coefficient (Wildman–Crippen LogP) is 0.00380. The van der Waals surface area contributed by atoms with E-state index in [1.54, 1.807) is 19.0 Å². The van der Waals surface area contributed by atoms with Crippen LogP contribution in [-0.4, -0.2) is 78.7 Å². The molecule has 1 aliphatic heterocycles. The van der Waals surface area contributed by atoms with Crippen LogP contribution >= 0.6 is 15.9 Å². The van der Waals surface area contributed by atoms with Gasteiger partial charge >= 0.3 is 0 Å². The highest BCUT2D eigenvalue weighted by molar-refractivity contribution is 9.09. The van der Waals surface area contributed by atoms with Crippen molar-refractivity contribution in [3.63, 3.8) is 0 Å². The maximum Gasteiger partial charge on any atom is 0.236 e. The van der Waals surface area contributed by atoms with Crippen LogP contribution in [0.1, 0.15) is 6.42 Å². The van der Waals surface area contributed by atoms with Gasteiger partial charge in [0.2, 0.25) is 11.8 Å². The van der Waals surface area contributed by atoms with E-state index in [0.717, 1.165) is 26.2 Å². The number of carbonyl (C=O) groups excluding carboxylic acids is 2. The average Bonchev–Trinajstić information content (AvgIpc) is 2.30. The average molecular weight is 306 g/mol. The molecule has 0 aromatic carbocycles. The predicted molar refractivity (Wildman–Crippen MR) is 70.1 cm³/mol. The molecule has 17 heavy (non-hydrogen) atoms. The summed E-state index contributed by atoms with van der Waals surface area (Å²) in [6.07, 6.45) is 0.552. The van der Waals surface area contributed by atoms with Crippen molar-refractivity contribution in [1.82, 2.24) is 14.7 Å². The summed E-state index contributed by atoms with van der Waals surface area (Å²) in [5.74, 6) is 0.311. The standard InChI is InChI=1S/C11H20BrN3O2/c1-13(2)11(17)9-14-5-7-15(8-6-14)10(16)3-4-12/h3-9H2,1-2H3. The smallest absolute Gasteiger partial charge is 0.236 e. The fourth-order valence-electron chi connectivity index (χ4n) is 1.73. The van der Waals surface area contributed by atoms with Crippen molar-refractivity contribution in [1.29, 1.82) is 0 Å². The molecule has 1 aliphatic rings. The molecular weight excluding hydrogens is 286 g/mol. The van der Waals surface area contributed by atoms with Gasteiger partial charge in [-0.3, -0.25) is 14.5 Å². The van der Waals surface area contributed by atoms with Gasteiger partial charge in [0.15, 0.2) is 0 Å². The number of hydrogen-bond acceptors (Lipinski definition) is 3. The SMILES string of the molecule is CN(C)C(=O)CN1CCN(C(=O)CCBr)CC1. The number of hydrogen-bond donors (Lipinski definition) is 0. The van der Waals surface area contributed by atoms with Crippen LogP contribution in [0, 0.1) is 0 Å². The number of nitrogens with zero attached hydrogens (tertiary/aromatic N) is 3. The van der Waals surface area contributed by atoms with Crippen molar-refractivity contribution in [2.45, 2.75) is 6.42 Å². The van der Waals surface area contributed by atoms with Crippen molar-refractivity contribution in [3.05, 3.63) is 0 Å². The molecule has 2 amide bonds. The molecule has 1 fully saturated rings. The van der Waals surface area contributed by atoms with Crippen molar-refractivity contribution in [2.75, 3.05) is 52.1 Å². The second-order valence-corrected chi connectivity index (χ2v) is 5.18. The first-order chi connectivity index (χ1) is 8.04. The Bertz CT molecular complexity index is 276. The first-order valence-corrected chi connectivity index (χ1v) is 6.93. The number of alkyl halides is 1. The molecule has 0 aromatic heterocycles. The minimum atomic E-state index is 0.116. The first-order valence-electron chi connectivity index (χ1n) is 5.81. The summed E-state index contributed by atoms with van der Waals surface area (Å²) in [6.45, 7) is 3.48. The molecule has 1 saturated heterocycles. The van der Waals surface area contributed by atoms with E-state index < -0.39 is 0 Å². The van der Waals surface area contributed by atoms with Gasteiger partial charge in [0.1, 0.15) is 0 Å². The number of rotatable bonds is 4. The van der Waals surface area contributed by atoms with Crippen molar-refractivity contribution >= 4 is 27.7 Å². The molecule has 0 saturated carbocycles. The van der Waals surface area contributed by atoms with Gasteiger partial charge in [0.05, 0.1) is 6.54 Å². The van der Waals surface area contributed by atoms with E-state index in [-0.39, 0.29) is 11.8 Å². The van der Waals surface area contributed by atoms with E-state index in [2.05, 4.69) is 20.8 Å². The quantitative estimate of drug-likeness (QED) is 0.687. The third-order valence-electron chi connectivity index (χ3n) is 2.89. The lowest BCUT2D eigenvalue weighted by atomic mass is 10.3. The van der Waals surface area contributed by atoms with Crippen LogP contribution in [0.2, 0.25) is 0 Å². The van der Waals surface area contributed by atoms with Gasteiger partial charge in [-0.1, -0.05) is 15.9 Å². The summed E-state index contributed by atoms with van der Waals surface area (Å²) in [5.41, 5.74) is 0. The van der Waals surface area contributed by atoms with Crippen LogP contribution < -0.4 is 0 Å². The molecule has 0 bridgehead atoms. The van der Waals surface area contributed by atoms with E-state index in [1.807, 2.05) is 4.90 Å². The van der Waals surface area contributed by atoms with Crippen LogP contribution in [0.25, 0.3) is 0 Å². The molecule has 98 valence electrons. The Morgan fingerprint density at radius 1 is 1.18 bits per heavy atom. The number of piperazine rings is 1. The molecular formula is C11H20BrN3O2. The molecule has 0 radical (unpaired) electrons. The Hall–Kier alpha value is -0.620. The van der Waals surface area contributed by atoms with Gasteiger partial charge in [0.25, 0.3) is 0 Å². The number of amides is 2. The summed E-state index contributed by atoms with van der Waals surface area (Å²) in [7, 11) is 3.52. The maximum absolute atomic E-state index is 11.6. The second-order valence-electron chi connectivity index (χ2n) is 4.38. The van der Waals surface area contributed by atoms with Gasteiger partial charge in [-0.15, -0.1) is 0 Å². The lowest BCUT2D eigenvalue weighted by Gasteiger charge is -2.34. The highest BCUT2D eigenvalue weighted by atomic mass is 79.9. The fraction of sp³-hybridized carbons (Fsp3) is 0.818. The van der Waals surface area contributed by atoms with Crippen LogP contribution in [0.4, 0.5) is 0 Å². The molecule has 0 spiro atoms. The maximum atomic E-state index is 11.6. The highest BCUT2D eigenvalue weighted by Gasteiger charge is 2.22. The van der Waals surface area contributed by atoms with Gasteiger partial charge < -0.3 is 9.80 Å². The first kappa shape index (κ1) is 14.4. The van der Waals surface area contributed by atoms with Crippen LogP contribution in [-0.2, 0) is 9.59 Å². The molecule has 5 nitrogen and oxygen atoms in total. The van der Waals surface area contributed by atoms with Crippen molar-refractivity contribution in [2.24, 2.45) is 0 Å². The summed E-state index contributed by atoms with van der Waals surface area (Å²) >= 11 is 3.27. The van der Waals surface area contributed by atoms with Gasteiger partial charge in [0, 0.05) is 52.0 Å². The molecule has 1 heterocycles.